The molecule has 148 valence electrons. The molecule has 0 radical (unpaired) electrons. The van der Waals surface area contributed by atoms with Gasteiger partial charge in [0.1, 0.15) is 6.10 Å². The highest BCUT2D eigenvalue weighted by Gasteiger charge is 2.37. The molecule has 1 aliphatic carbocycles. The number of esters is 1. The number of benzene rings is 1. The molecule has 2 fully saturated rings. The van der Waals surface area contributed by atoms with Crippen LogP contribution in [0.5, 0.6) is 17.2 Å². The van der Waals surface area contributed by atoms with Gasteiger partial charge in [0, 0.05) is 25.1 Å². The second kappa shape index (κ2) is 8.50. The normalized spacial score (nSPS) is 20.5. The van der Waals surface area contributed by atoms with Crippen molar-refractivity contribution in [3.63, 3.8) is 0 Å². The fourth-order valence-electron chi connectivity index (χ4n) is 3.78. The lowest BCUT2D eigenvalue weighted by atomic mass is 9.97. The minimum Gasteiger partial charge on any atom is -0.493 e. The fourth-order valence-corrected chi connectivity index (χ4v) is 3.78. The van der Waals surface area contributed by atoms with Crippen LogP contribution in [0.4, 0.5) is 5.69 Å². The Morgan fingerprint density at radius 2 is 1.63 bits per heavy atom. The maximum atomic E-state index is 12.5. The third kappa shape index (κ3) is 4.12. The van der Waals surface area contributed by atoms with E-state index in [0.717, 1.165) is 25.7 Å². The van der Waals surface area contributed by atoms with Crippen molar-refractivity contribution in [1.29, 1.82) is 0 Å². The summed E-state index contributed by atoms with van der Waals surface area (Å²) in [5, 5.41) is 0. The predicted molar refractivity (Wildman–Crippen MR) is 99.5 cm³/mol. The monoisotopic (exact) mass is 377 g/mol. The van der Waals surface area contributed by atoms with Gasteiger partial charge in [-0.3, -0.25) is 9.59 Å². The maximum Gasteiger partial charge on any atom is 0.311 e. The topological polar surface area (TPSA) is 74.3 Å². The summed E-state index contributed by atoms with van der Waals surface area (Å²) in [5.74, 6) is 0.558. The van der Waals surface area contributed by atoms with Crippen LogP contribution in [0.2, 0.25) is 0 Å². The molecule has 2 aliphatic rings. The summed E-state index contributed by atoms with van der Waals surface area (Å²) < 4.78 is 21.7. The molecular weight excluding hydrogens is 350 g/mol. The Bertz CT molecular complexity index is 673. The summed E-state index contributed by atoms with van der Waals surface area (Å²) in [5.41, 5.74) is 0.613. The molecule has 1 unspecified atom stereocenters. The standard InChI is InChI=1S/C20H27NO6/c1-24-16-10-14(11-17(25-2)19(16)26-3)21-12-13(9-18(21)22)20(23)27-15-7-5-4-6-8-15/h10-11,13,15H,4-9,12H2,1-3H3. The van der Waals surface area contributed by atoms with Gasteiger partial charge in [-0.15, -0.1) is 0 Å². The van der Waals surface area contributed by atoms with Crippen LogP contribution in [0, 0.1) is 5.92 Å². The summed E-state index contributed by atoms with van der Waals surface area (Å²) in [6, 6.07) is 3.43. The zero-order valence-corrected chi connectivity index (χ0v) is 16.2. The van der Waals surface area contributed by atoms with Crippen molar-refractivity contribution in [1.82, 2.24) is 0 Å². The van der Waals surface area contributed by atoms with E-state index < -0.39 is 5.92 Å². The first kappa shape index (κ1) is 19.3. The van der Waals surface area contributed by atoms with E-state index in [4.69, 9.17) is 18.9 Å². The number of nitrogens with zero attached hydrogens (tertiary/aromatic N) is 1. The highest BCUT2D eigenvalue weighted by Crippen LogP contribution is 2.42. The van der Waals surface area contributed by atoms with E-state index in [2.05, 4.69) is 0 Å². The molecule has 1 aromatic rings. The van der Waals surface area contributed by atoms with Crippen LogP contribution in [0.15, 0.2) is 12.1 Å². The molecule has 0 bridgehead atoms. The number of carbonyl (C=O) groups is 2. The highest BCUT2D eigenvalue weighted by molar-refractivity contribution is 6.00. The number of carbonyl (C=O) groups excluding carboxylic acids is 2. The van der Waals surface area contributed by atoms with Crippen molar-refractivity contribution in [3.05, 3.63) is 12.1 Å². The van der Waals surface area contributed by atoms with E-state index >= 15 is 0 Å². The Hall–Kier alpha value is -2.44. The minimum absolute atomic E-state index is 0.00317. The molecule has 0 spiro atoms. The quantitative estimate of drug-likeness (QED) is 0.710. The molecule has 27 heavy (non-hydrogen) atoms. The van der Waals surface area contributed by atoms with E-state index in [1.807, 2.05) is 0 Å². The van der Waals surface area contributed by atoms with E-state index in [1.165, 1.54) is 27.8 Å². The van der Waals surface area contributed by atoms with Gasteiger partial charge in [-0.25, -0.2) is 0 Å². The third-order valence-electron chi connectivity index (χ3n) is 5.25. The van der Waals surface area contributed by atoms with Gasteiger partial charge < -0.3 is 23.8 Å². The Morgan fingerprint density at radius 3 is 2.19 bits per heavy atom. The molecule has 1 saturated carbocycles. The van der Waals surface area contributed by atoms with E-state index in [1.54, 1.807) is 17.0 Å². The molecule has 1 atom stereocenters. The summed E-state index contributed by atoms with van der Waals surface area (Å²) in [7, 11) is 4.58. The van der Waals surface area contributed by atoms with E-state index in [-0.39, 0.29) is 24.4 Å². The second-order valence-corrected chi connectivity index (χ2v) is 6.99. The number of hydrogen-bond donors (Lipinski definition) is 0. The molecule has 7 nitrogen and oxygen atoms in total. The molecule has 7 heteroatoms. The Labute approximate surface area is 159 Å². The SMILES string of the molecule is COc1cc(N2CC(C(=O)OC3CCCCC3)CC2=O)cc(OC)c1OC. The minimum atomic E-state index is -0.446. The maximum absolute atomic E-state index is 12.5. The van der Waals surface area contributed by atoms with E-state index in [9.17, 15) is 9.59 Å². The predicted octanol–water partition coefficient (Wildman–Crippen LogP) is 2.94. The largest absolute Gasteiger partial charge is 0.493 e. The van der Waals surface area contributed by atoms with Crippen LogP contribution >= 0.6 is 0 Å². The Kier molecular flexibility index (Phi) is 6.08. The number of hydrogen-bond acceptors (Lipinski definition) is 6. The van der Waals surface area contributed by atoms with Gasteiger partial charge in [-0.2, -0.15) is 0 Å². The van der Waals surface area contributed by atoms with Gasteiger partial charge in [0.05, 0.1) is 32.9 Å². The zero-order chi connectivity index (χ0) is 19.4. The van der Waals surface area contributed by atoms with Crippen molar-refractivity contribution in [2.45, 2.75) is 44.6 Å². The summed E-state index contributed by atoms with van der Waals surface area (Å²) in [6.07, 6.45) is 5.38. The molecule has 3 rings (SSSR count). The van der Waals surface area contributed by atoms with Crippen LogP contribution in [0.25, 0.3) is 0 Å². The molecule has 1 aliphatic heterocycles. The molecule has 1 aromatic carbocycles. The van der Waals surface area contributed by atoms with Crippen LogP contribution in [-0.2, 0) is 14.3 Å². The average Bonchev–Trinajstić information content (AvgIpc) is 3.09. The van der Waals surface area contributed by atoms with Crippen molar-refractivity contribution in [2.75, 3.05) is 32.8 Å². The third-order valence-corrected chi connectivity index (χ3v) is 5.25. The summed E-state index contributed by atoms with van der Waals surface area (Å²) >= 11 is 0. The second-order valence-electron chi connectivity index (χ2n) is 6.99. The number of rotatable bonds is 6. The molecule has 0 aromatic heterocycles. The average molecular weight is 377 g/mol. The number of ether oxygens (including phenoxy) is 4. The Morgan fingerprint density at radius 1 is 1.00 bits per heavy atom. The first-order valence-electron chi connectivity index (χ1n) is 9.38. The summed E-state index contributed by atoms with van der Waals surface area (Å²) in [6.45, 7) is 0.295. The lowest BCUT2D eigenvalue weighted by Gasteiger charge is -2.23. The number of anilines is 1. The van der Waals surface area contributed by atoms with Gasteiger partial charge in [-0.1, -0.05) is 6.42 Å². The van der Waals surface area contributed by atoms with Crippen molar-refractivity contribution >= 4 is 17.6 Å². The van der Waals surface area contributed by atoms with Crippen LogP contribution in [0.3, 0.4) is 0 Å². The number of methoxy groups -OCH3 is 3. The van der Waals surface area contributed by atoms with Gasteiger partial charge in [0.2, 0.25) is 11.7 Å². The van der Waals surface area contributed by atoms with Crippen molar-refractivity contribution < 1.29 is 28.5 Å². The Balaban J connectivity index is 1.74. The molecular formula is C20H27NO6. The van der Waals surface area contributed by atoms with Gasteiger partial charge in [0.25, 0.3) is 0 Å². The zero-order valence-electron chi connectivity index (χ0n) is 16.2. The fraction of sp³-hybridized carbons (Fsp3) is 0.600. The summed E-state index contributed by atoms with van der Waals surface area (Å²) in [4.78, 5) is 26.6. The molecule has 1 amide bonds. The smallest absolute Gasteiger partial charge is 0.311 e. The first-order valence-corrected chi connectivity index (χ1v) is 9.38. The lowest BCUT2D eigenvalue weighted by molar-refractivity contribution is -0.155. The lowest BCUT2D eigenvalue weighted by Crippen LogP contribution is -2.29. The van der Waals surface area contributed by atoms with E-state index in [0.29, 0.717) is 29.5 Å². The molecule has 0 N–H and O–H groups in total. The van der Waals surface area contributed by atoms with Gasteiger partial charge in [0.15, 0.2) is 11.5 Å². The van der Waals surface area contributed by atoms with Crippen LogP contribution in [0.1, 0.15) is 38.5 Å². The molecule has 1 heterocycles. The van der Waals surface area contributed by atoms with Crippen LogP contribution in [-0.4, -0.2) is 45.9 Å². The first-order chi connectivity index (χ1) is 13.1. The number of amides is 1. The van der Waals surface area contributed by atoms with Crippen LogP contribution < -0.4 is 19.1 Å². The van der Waals surface area contributed by atoms with Crippen molar-refractivity contribution in [3.8, 4) is 17.2 Å². The molecule has 1 saturated heterocycles. The van der Waals surface area contributed by atoms with Crippen molar-refractivity contribution in [2.24, 2.45) is 5.92 Å². The van der Waals surface area contributed by atoms with Gasteiger partial charge >= 0.3 is 5.97 Å². The highest BCUT2D eigenvalue weighted by atomic mass is 16.5. The van der Waals surface area contributed by atoms with Gasteiger partial charge in [-0.05, 0) is 25.7 Å².